The molecule has 1 heterocycles. The van der Waals surface area contributed by atoms with Crippen molar-refractivity contribution in [1.29, 1.82) is 5.41 Å². The largest absolute Gasteiger partial charge is 0.442 e. The zero-order valence-corrected chi connectivity index (χ0v) is 15.2. The van der Waals surface area contributed by atoms with E-state index in [4.69, 9.17) is 15.9 Å². The fourth-order valence-corrected chi connectivity index (χ4v) is 3.58. The van der Waals surface area contributed by atoms with Gasteiger partial charge in [0.05, 0.1) is 0 Å². The molecule has 0 fully saturated rings. The Morgan fingerprint density at radius 3 is 2.70 bits per heavy atom. The molecule has 0 atom stereocenters. The van der Waals surface area contributed by atoms with E-state index in [-0.39, 0.29) is 5.88 Å². The number of aryl methyl sites for hydroxylation is 1. The summed E-state index contributed by atoms with van der Waals surface area (Å²) in [6, 6.07) is 20.5. The SMILES string of the molecule is C=C(N)Oc1cc(Cn2c(C)cc3ccc(C=N)cc32)c2ccccc2c1. The third kappa shape index (κ3) is 3.17. The number of nitrogens with two attached hydrogens (primary N) is 1. The Labute approximate surface area is 158 Å². The van der Waals surface area contributed by atoms with E-state index in [9.17, 15) is 0 Å². The van der Waals surface area contributed by atoms with Gasteiger partial charge in [0.15, 0.2) is 5.88 Å². The molecule has 0 saturated heterocycles. The van der Waals surface area contributed by atoms with Gasteiger partial charge in [0, 0.05) is 24.0 Å². The quantitative estimate of drug-likeness (QED) is 0.393. The highest BCUT2D eigenvalue weighted by Crippen LogP contribution is 2.29. The fraction of sp³-hybridized carbons (Fsp3) is 0.0870. The van der Waals surface area contributed by atoms with Crippen LogP contribution in [-0.4, -0.2) is 10.8 Å². The summed E-state index contributed by atoms with van der Waals surface area (Å²) >= 11 is 0. The number of benzene rings is 3. The maximum Gasteiger partial charge on any atom is 0.183 e. The van der Waals surface area contributed by atoms with Crippen molar-refractivity contribution >= 4 is 27.9 Å². The molecule has 0 spiro atoms. The first-order valence-electron chi connectivity index (χ1n) is 8.79. The van der Waals surface area contributed by atoms with Crippen molar-refractivity contribution in [3.05, 3.63) is 89.9 Å². The van der Waals surface area contributed by atoms with E-state index in [0.29, 0.717) is 12.3 Å². The monoisotopic (exact) mass is 355 g/mol. The van der Waals surface area contributed by atoms with Gasteiger partial charge in [-0.2, -0.15) is 0 Å². The average molecular weight is 355 g/mol. The van der Waals surface area contributed by atoms with Crippen molar-refractivity contribution in [3.63, 3.8) is 0 Å². The summed E-state index contributed by atoms with van der Waals surface area (Å²) in [5, 5.41) is 11.0. The lowest BCUT2D eigenvalue weighted by Gasteiger charge is -2.14. The van der Waals surface area contributed by atoms with Crippen LogP contribution in [0.5, 0.6) is 5.75 Å². The normalized spacial score (nSPS) is 11.0. The fourth-order valence-electron chi connectivity index (χ4n) is 3.58. The minimum atomic E-state index is 0.175. The lowest BCUT2D eigenvalue weighted by molar-refractivity contribution is 0.422. The molecule has 27 heavy (non-hydrogen) atoms. The number of rotatable bonds is 5. The standard InChI is InChI=1S/C23H21N3O/c1-15-9-19-8-7-17(13-24)10-23(19)26(15)14-20-12-21(27-16(2)25)11-18-5-3-4-6-22(18)20/h3-13,24H,2,14,25H2,1H3. The number of hydrogen-bond acceptors (Lipinski definition) is 3. The molecule has 0 bridgehead atoms. The summed E-state index contributed by atoms with van der Waals surface area (Å²) in [6.45, 7) is 6.44. The summed E-state index contributed by atoms with van der Waals surface area (Å²) < 4.78 is 7.85. The van der Waals surface area contributed by atoms with Gasteiger partial charge < -0.3 is 20.4 Å². The zero-order valence-electron chi connectivity index (χ0n) is 15.2. The van der Waals surface area contributed by atoms with Gasteiger partial charge in [0.25, 0.3) is 0 Å². The van der Waals surface area contributed by atoms with E-state index in [1.54, 1.807) is 0 Å². The van der Waals surface area contributed by atoms with Crippen molar-refractivity contribution in [1.82, 2.24) is 4.57 Å². The van der Waals surface area contributed by atoms with Crippen molar-refractivity contribution in [2.24, 2.45) is 5.73 Å². The first-order chi connectivity index (χ1) is 13.0. The zero-order chi connectivity index (χ0) is 19.0. The molecular formula is C23H21N3O. The Balaban J connectivity index is 1.88. The van der Waals surface area contributed by atoms with E-state index in [1.165, 1.54) is 22.7 Å². The molecule has 0 saturated carbocycles. The van der Waals surface area contributed by atoms with Crippen LogP contribution in [0.25, 0.3) is 21.7 Å². The van der Waals surface area contributed by atoms with Gasteiger partial charge in [-0.05, 0) is 65.1 Å². The van der Waals surface area contributed by atoms with Crippen LogP contribution in [0.3, 0.4) is 0 Å². The summed E-state index contributed by atoms with van der Waals surface area (Å²) in [6.07, 6.45) is 1.38. The van der Waals surface area contributed by atoms with Crippen LogP contribution in [0.2, 0.25) is 0 Å². The highest BCUT2D eigenvalue weighted by atomic mass is 16.5. The van der Waals surface area contributed by atoms with Gasteiger partial charge in [0.1, 0.15) is 5.75 Å². The summed E-state index contributed by atoms with van der Waals surface area (Å²) in [7, 11) is 0. The average Bonchev–Trinajstić information content (AvgIpc) is 2.96. The molecule has 0 radical (unpaired) electrons. The predicted octanol–water partition coefficient (Wildman–Crippen LogP) is 4.96. The molecule has 3 N–H and O–H groups in total. The van der Waals surface area contributed by atoms with E-state index in [0.717, 1.165) is 22.0 Å². The Kier molecular flexibility index (Phi) is 4.16. The number of nitrogens with one attached hydrogen (secondary N) is 1. The topological polar surface area (TPSA) is 64.0 Å². The molecule has 0 aliphatic heterocycles. The maximum absolute atomic E-state index is 7.55. The lowest BCUT2D eigenvalue weighted by Crippen LogP contribution is -2.06. The molecule has 1 aromatic heterocycles. The summed E-state index contributed by atoms with van der Waals surface area (Å²) in [5.41, 5.74) is 9.97. The van der Waals surface area contributed by atoms with Gasteiger partial charge in [-0.1, -0.05) is 36.4 Å². The molecular weight excluding hydrogens is 334 g/mol. The van der Waals surface area contributed by atoms with Crippen molar-refractivity contribution in [2.45, 2.75) is 13.5 Å². The first kappa shape index (κ1) is 16.9. The van der Waals surface area contributed by atoms with Crippen LogP contribution in [0, 0.1) is 12.3 Å². The Bertz CT molecular complexity index is 1190. The molecule has 4 heteroatoms. The second kappa shape index (κ2) is 6.65. The molecule has 3 aromatic carbocycles. The number of ether oxygens (including phenoxy) is 1. The van der Waals surface area contributed by atoms with Crippen LogP contribution in [0.4, 0.5) is 0 Å². The molecule has 0 amide bonds. The highest BCUT2D eigenvalue weighted by molar-refractivity contribution is 5.90. The van der Waals surface area contributed by atoms with E-state index >= 15 is 0 Å². The third-order valence-corrected chi connectivity index (χ3v) is 4.80. The maximum atomic E-state index is 7.55. The van der Waals surface area contributed by atoms with E-state index in [1.807, 2.05) is 30.3 Å². The summed E-state index contributed by atoms with van der Waals surface area (Å²) in [4.78, 5) is 0. The van der Waals surface area contributed by atoms with Crippen LogP contribution >= 0.6 is 0 Å². The van der Waals surface area contributed by atoms with Gasteiger partial charge in [0.2, 0.25) is 0 Å². The Morgan fingerprint density at radius 2 is 1.93 bits per heavy atom. The smallest absolute Gasteiger partial charge is 0.183 e. The number of nitrogens with zero attached hydrogens (tertiary/aromatic N) is 1. The molecule has 0 unspecified atom stereocenters. The van der Waals surface area contributed by atoms with Crippen LogP contribution < -0.4 is 10.5 Å². The first-order valence-corrected chi connectivity index (χ1v) is 8.79. The van der Waals surface area contributed by atoms with Gasteiger partial charge in [-0.15, -0.1) is 0 Å². The molecule has 4 nitrogen and oxygen atoms in total. The van der Waals surface area contributed by atoms with Crippen LogP contribution in [0.1, 0.15) is 16.8 Å². The number of fused-ring (bicyclic) bond motifs is 2. The van der Waals surface area contributed by atoms with Crippen molar-refractivity contribution in [3.8, 4) is 5.75 Å². The lowest BCUT2D eigenvalue weighted by atomic mass is 10.0. The van der Waals surface area contributed by atoms with Gasteiger partial charge in [-0.3, -0.25) is 0 Å². The summed E-state index contributed by atoms with van der Waals surface area (Å²) in [5.74, 6) is 0.861. The molecule has 4 rings (SSSR count). The molecule has 4 aromatic rings. The number of aromatic nitrogens is 1. The van der Waals surface area contributed by atoms with Gasteiger partial charge >= 0.3 is 0 Å². The Morgan fingerprint density at radius 1 is 1.11 bits per heavy atom. The van der Waals surface area contributed by atoms with E-state index < -0.39 is 0 Å². The molecule has 0 aliphatic rings. The minimum absolute atomic E-state index is 0.175. The highest BCUT2D eigenvalue weighted by Gasteiger charge is 2.11. The van der Waals surface area contributed by atoms with Crippen LogP contribution in [-0.2, 0) is 6.54 Å². The van der Waals surface area contributed by atoms with Crippen LogP contribution in [0.15, 0.2) is 73.1 Å². The van der Waals surface area contributed by atoms with Crippen molar-refractivity contribution < 1.29 is 4.74 Å². The van der Waals surface area contributed by atoms with Gasteiger partial charge in [-0.25, -0.2) is 0 Å². The molecule has 134 valence electrons. The number of hydrogen-bond donors (Lipinski definition) is 2. The third-order valence-electron chi connectivity index (χ3n) is 4.80. The molecule has 0 aliphatic carbocycles. The van der Waals surface area contributed by atoms with E-state index in [2.05, 4.69) is 48.4 Å². The Hall–Kier alpha value is -3.53. The van der Waals surface area contributed by atoms with Crippen molar-refractivity contribution in [2.75, 3.05) is 0 Å². The second-order valence-corrected chi connectivity index (χ2v) is 6.71. The second-order valence-electron chi connectivity index (χ2n) is 6.71. The minimum Gasteiger partial charge on any atom is -0.442 e. The predicted molar refractivity (Wildman–Crippen MR) is 112 cm³/mol.